The number of thiocarbonyl (C=S) groups is 1. The maximum absolute atomic E-state index is 5.52. The second-order valence-corrected chi connectivity index (χ2v) is 6.19. The Bertz CT molecular complexity index is 588. The van der Waals surface area contributed by atoms with Crippen molar-refractivity contribution in [3.8, 4) is 0 Å². The first-order valence-corrected chi connectivity index (χ1v) is 8.10. The molecule has 4 nitrogen and oxygen atoms in total. The fourth-order valence-electron chi connectivity index (χ4n) is 2.60. The Kier molecular flexibility index (Phi) is 4.48. The molecule has 0 spiro atoms. The molecule has 0 aromatic carbocycles. The Morgan fingerprint density at radius 2 is 2.29 bits per heavy atom. The Morgan fingerprint density at radius 3 is 2.95 bits per heavy atom. The molecule has 21 heavy (non-hydrogen) atoms. The molecule has 1 N–H and O–H groups in total. The average molecular weight is 319 g/mol. The molecule has 2 atom stereocenters. The topological polar surface area (TPSA) is 37.4 Å². The number of nitrogens with zero attached hydrogens (tertiary/aromatic N) is 2. The Morgan fingerprint density at radius 1 is 1.38 bits per heavy atom. The van der Waals surface area contributed by atoms with Crippen LogP contribution in [0.5, 0.6) is 0 Å². The minimum atomic E-state index is 0.0780. The maximum Gasteiger partial charge on any atom is 0.170 e. The predicted octanol–water partition coefficient (Wildman–Crippen LogP) is 2.76. The van der Waals surface area contributed by atoms with E-state index in [0.29, 0.717) is 6.61 Å². The summed E-state index contributed by atoms with van der Waals surface area (Å²) in [7, 11) is 1.71. The molecule has 2 aromatic rings. The fraction of sp³-hybridized carbons (Fsp3) is 0.333. The fourth-order valence-corrected chi connectivity index (χ4v) is 3.81. The number of nitrogens with one attached hydrogen (secondary N) is 1. The van der Waals surface area contributed by atoms with Crippen LogP contribution in [0.4, 0.5) is 0 Å². The Hall–Kier alpha value is -1.50. The largest absolute Gasteiger partial charge is 0.383 e. The number of methoxy groups -OCH3 is 1. The summed E-state index contributed by atoms with van der Waals surface area (Å²) in [5, 5.41) is 6.28. The van der Waals surface area contributed by atoms with E-state index in [0.717, 1.165) is 17.4 Å². The van der Waals surface area contributed by atoms with Gasteiger partial charge in [0.1, 0.15) is 0 Å². The third-order valence-electron chi connectivity index (χ3n) is 3.57. The van der Waals surface area contributed by atoms with Crippen molar-refractivity contribution in [3.05, 3.63) is 52.5 Å². The molecule has 0 saturated carbocycles. The van der Waals surface area contributed by atoms with Crippen molar-refractivity contribution in [2.24, 2.45) is 0 Å². The van der Waals surface area contributed by atoms with Crippen molar-refractivity contribution < 1.29 is 4.74 Å². The molecule has 3 heterocycles. The van der Waals surface area contributed by atoms with Crippen LogP contribution in [0.1, 0.15) is 22.7 Å². The molecule has 0 aliphatic carbocycles. The van der Waals surface area contributed by atoms with Gasteiger partial charge in [0.2, 0.25) is 0 Å². The number of aromatic nitrogens is 1. The van der Waals surface area contributed by atoms with Crippen LogP contribution in [0.2, 0.25) is 0 Å². The van der Waals surface area contributed by atoms with E-state index < -0.39 is 0 Å². The molecule has 1 saturated heterocycles. The number of hydrogen-bond donors (Lipinski definition) is 1. The summed E-state index contributed by atoms with van der Waals surface area (Å²) in [4.78, 5) is 7.98. The van der Waals surface area contributed by atoms with Crippen LogP contribution in [0.25, 0.3) is 0 Å². The monoisotopic (exact) mass is 319 g/mol. The van der Waals surface area contributed by atoms with Crippen LogP contribution in [0, 0.1) is 0 Å². The summed E-state index contributed by atoms with van der Waals surface area (Å²) < 4.78 is 5.22. The van der Waals surface area contributed by atoms with Gasteiger partial charge in [-0.15, -0.1) is 11.3 Å². The van der Waals surface area contributed by atoms with Gasteiger partial charge in [-0.3, -0.25) is 4.98 Å². The molecular formula is C15H17N3OS2. The van der Waals surface area contributed by atoms with Gasteiger partial charge in [-0.2, -0.15) is 0 Å². The Balaban J connectivity index is 1.94. The van der Waals surface area contributed by atoms with Crippen LogP contribution in [-0.4, -0.2) is 35.3 Å². The van der Waals surface area contributed by atoms with Crippen LogP contribution in [0.15, 0.2) is 41.9 Å². The highest BCUT2D eigenvalue weighted by atomic mass is 32.1. The first kappa shape index (κ1) is 14.4. The van der Waals surface area contributed by atoms with Gasteiger partial charge in [0.15, 0.2) is 5.11 Å². The third kappa shape index (κ3) is 2.92. The maximum atomic E-state index is 5.52. The van der Waals surface area contributed by atoms with E-state index >= 15 is 0 Å². The summed E-state index contributed by atoms with van der Waals surface area (Å²) in [6.45, 7) is 1.42. The summed E-state index contributed by atoms with van der Waals surface area (Å²) >= 11 is 7.27. The SMILES string of the molecule is COCCN1C(=S)N[C@H](c2ccccn2)[C@H]1c1cccs1. The molecule has 0 radical (unpaired) electrons. The van der Waals surface area contributed by atoms with Crippen molar-refractivity contribution >= 4 is 28.7 Å². The van der Waals surface area contributed by atoms with E-state index in [1.54, 1.807) is 18.4 Å². The quantitative estimate of drug-likeness (QED) is 0.858. The molecule has 0 unspecified atom stereocenters. The molecule has 110 valence electrons. The first-order chi connectivity index (χ1) is 10.3. The molecule has 0 bridgehead atoms. The normalized spacial score (nSPS) is 21.6. The molecule has 1 aliphatic rings. The number of ether oxygens (including phenoxy) is 1. The predicted molar refractivity (Wildman–Crippen MR) is 88.4 cm³/mol. The lowest BCUT2D eigenvalue weighted by Gasteiger charge is -2.26. The molecule has 0 amide bonds. The van der Waals surface area contributed by atoms with Crippen molar-refractivity contribution in [2.45, 2.75) is 12.1 Å². The first-order valence-electron chi connectivity index (χ1n) is 6.81. The van der Waals surface area contributed by atoms with E-state index in [-0.39, 0.29) is 12.1 Å². The number of hydrogen-bond acceptors (Lipinski definition) is 4. The molecular weight excluding hydrogens is 302 g/mol. The summed E-state index contributed by atoms with van der Waals surface area (Å²) in [5.74, 6) is 0. The number of thiophene rings is 1. The van der Waals surface area contributed by atoms with Gasteiger partial charge in [-0.05, 0) is 35.8 Å². The average Bonchev–Trinajstić information content (AvgIpc) is 3.13. The van der Waals surface area contributed by atoms with Crippen LogP contribution < -0.4 is 5.32 Å². The number of pyridine rings is 1. The second-order valence-electron chi connectivity index (χ2n) is 4.83. The van der Waals surface area contributed by atoms with E-state index in [4.69, 9.17) is 17.0 Å². The summed E-state index contributed by atoms with van der Waals surface area (Å²) in [5.41, 5.74) is 1.01. The van der Waals surface area contributed by atoms with E-state index in [9.17, 15) is 0 Å². The minimum Gasteiger partial charge on any atom is -0.383 e. The zero-order chi connectivity index (χ0) is 14.7. The van der Waals surface area contributed by atoms with Gasteiger partial charge in [0, 0.05) is 24.7 Å². The van der Waals surface area contributed by atoms with Gasteiger partial charge >= 0.3 is 0 Å². The third-order valence-corrected chi connectivity index (χ3v) is 4.86. The lowest BCUT2D eigenvalue weighted by Crippen LogP contribution is -2.32. The van der Waals surface area contributed by atoms with Gasteiger partial charge in [0.25, 0.3) is 0 Å². The standard InChI is InChI=1S/C15H17N3OS2/c1-19-9-8-18-14(12-6-4-10-21-12)13(17-15(18)20)11-5-2-3-7-16-11/h2-7,10,13-14H,8-9H2,1H3,(H,17,20)/t13-,14-/m1/s1. The number of rotatable bonds is 5. The molecule has 3 rings (SSSR count). The lowest BCUT2D eigenvalue weighted by molar-refractivity contribution is 0.164. The van der Waals surface area contributed by atoms with Gasteiger partial charge in [0.05, 0.1) is 24.4 Å². The van der Waals surface area contributed by atoms with Crippen LogP contribution in [0.3, 0.4) is 0 Å². The van der Waals surface area contributed by atoms with Gasteiger partial charge in [-0.25, -0.2) is 0 Å². The van der Waals surface area contributed by atoms with Gasteiger partial charge < -0.3 is 15.0 Å². The van der Waals surface area contributed by atoms with E-state index in [2.05, 4.69) is 32.7 Å². The van der Waals surface area contributed by atoms with Gasteiger partial charge in [-0.1, -0.05) is 12.1 Å². The van der Waals surface area contributed by atoms with Crippen LogP contribution in [-0.2, 0) is 4.74 Å². The zero-order valence-electron chi connectivity index (χ0n) is 11.7. The van der Waals surface area contributed by atoms with E-state index in [1.807, 2.05) is 24.4 Å². The summed E-state index contributed by atoms with van der Waals surface area (Å²) in [6.07, 6.45) is 1.82. The van der Waals surface area contributed by atoms with Crippen molar-refractivity contribution in [3.63, 3.8) is 0 Å². The minimum absolute atomic E-state index is 0.0780. The van der Waals surface area contributed by atoms with Crippen molar-refractivity contribution in [1.82, 2.24) is 15.2 Å². The van der Waals surface area contributed by atoms with Crippen molar-refractivity contribution in [2.75, 3.05) is 20.3 Å². The summed E-state index contributed by atoms with van der Waals surface area (Å²) in [6, 6.07) is 10.5. The highest BCUT2D eigenvalue weighted by Gasteiger charge is 2.39. The van der Waals surface area contributed by atoms with Crippen molar-refractivity contribution in [1.29, 1.82) is 0 Å². The highest BCUT2D eigenvalue weighted by molar-refractivity contribution is 7.80. The highest BCUT2D eigenvalue weighted by Crippen LogP contribution is 2.39. The molecule has 6 heteroatoms. The molecule has 2 aromatic heterocycles. The van der Waals surface area contributed by atoms with Crippen LogP contribution >= 0.6 is 23.6 Å². The molecule has 1 aliphatic heterocycles. The zero-order valence-corrected chi connectivity index (χ0v) is 13.4. The smallest absolute Gasteiger partial charge is 0.170 e. The second kappa shape index (κ2) is 6.51. The lowest BCUT2D eigenvalue weighted by atomic mass is 10.0. The Labute approximate surface area is 133 Å². The molecule has 1 fully saturated rings. The van der Waals surface area contributed by atoms with E-state index in [1.165, 1.54) is 4.88 Å².